The molecule has 0 heterocycles. The molecule has 0 aliphatic heterocycles. The lowest BCUT2D eigenvalue weighted by Gasteiger charge is -2.19. The van der Waals surface area contributed by atoms with Gasteiger partial charge in [-0.15, -0.1) is 0 Å². The zero-order valence-electron chi connectivity index (χ0n) is 9.01. The van der Waals surface area contributed by atoms with Crippen LogP contribution in [-0.4, -0.2) is 6.04 Å². The maximum absolute atomic E-state index is 13.0. The Bertz CT molecular complexity index is 447. The highest BCUT2D eigenvalue weighted by Crippen LogP contribution is 2.35. The first-order chi connectivity index (χ1) is 8.11. The number of nitrogens with zero attached hydrogens (tertiary/aromatic N) is 1. The van der Waals surface area contributed by atoms with Crippen LogP contribution in [0.25, 0.3) is 0 Å². The Hall–Kier alpha value is -0.980. The fourth-order valence-corrected chi connectivity index (χ4v) is 2.72. The predicted octanol–water partition coefficient (Wildman–Crippen LogP) is 4.24. The maximum Gasteiger partial charge on any atom is 0.126 e. The van der Waals surface area contributed by atoms with Crippen LogP contribution in [0.15, 0.2) is 12.1 Å². The van der Waals surface area contributed by atoms with Crippen LogP contribution in [0.4, 0.5) is 10.1 Å². The Morgan fingerprint density at radius 3 is 2.53 bits per heavy atom. The van der Waals surface area contributed by atoms with Gasteiger partial charge in [0.15, 0.2) is 0 Å². The van der Waals surface area contributed by atoms with E-state index in [1.165, 1.54) is 12.1 Å². The average molecular weight is 273 g/mol. The van der Waals surface area contributed by atoms with Gasteiger partial charge in [-0.1, -0.05) is 23.2 Å². The number of nitrogens with one attached hydrogen (secondary N) is 1. The van der Waals surface area contributed by atoms with E-state index in [1.54, 1.807) is 0 Å². The molecule has 2 nitrogen and oxygen atoms in total. The molecule has 90 valence electrons. The monoisotopic (exact) mass is 272 g/mol. The molecule has 1 aromatic rings. The van der Waals surface area contributed by atoms with Gasteiger partial charge in [0.25, 0.3) is 0 Å². The number of hydrogen-bond acceptors (Lipinski definition) is 2. The largest absolute Gasteiger partial charge is 0.379 e. The summed E-state index contributed by atoms with van der Waals surface area (Å²) < 4.78 is 13.0. The van der Waals surface area contributed by atoms with Crippen molar-refractivity contribution in [2.75, 3.05) is 5.32 Å². The molecule has 2 atom stereocenters. The van der Waals surface area contributed by atoms with E-state index in [0.29, 0.717) is 5.69 Å². The minimum Gasteiger partial charge on any atom is -0.379 e. The van der Waals surface area contributed by atoms with Gasteiger partial charge in [0.05, 0.1) is 27.7 Å². The Morgan fingerprint density at radius 2 is 1.94 bits per heavy atom. The van der Waals surface area contributed by atoms with Gasteiger partial charge in [-0.2, -0.15) is 5.26 Å². The van der Waals surface area contributed by atoms with Crippen molar-refractivity contribution in [3.05, 3.63) is 28.0 Å². The molecular formula is C12H11Cl2FN2. The number of anilines is 1. The summed E-state index contributed by atoms with van der Waals surface area (Å²) in [5, 5.41) is 12.6. The van der Waals surface area contributed by atoms with Gasteiger partial charge in [-0.05, 0) is 31.4 Å². The maximum atomic E-state index is 13.0. The quantitative estimate of drug-likeness (QED) is 0.874. The number of halogens is 3. The molecule has 0 spiro atoms. The first-order valence-electron chi connectivity index (χ1n) is 5.42. The van der Waals surface area contributed by atoms with Crippen molar-refractivity contribution in [3.8, 4) is 6.07 Å². The van der Waals surface area contributed by atoms with E-state index in [1.807, 2.05) is 0 Å². The summed E-state index contributed by atoms with van der Waals surface area (Å²) >= 11 is 11.9. The fourth-order valence-electron chi connectivity index (χ4n) is 2.15. The van der Waals surface area contributed by atoms with Gasteiger partial charge in [-0.3, -0.25) is 0 Å². The van der Waals surface area contributed by atoms with E-state index in [2.05, 4.69) is 11.4 Å². The number of rotatable bonds is 2. The Balaban J connectivity index is 2.22. The van der Waals surface area contributed by atoms with Gasteiger partial charge in [0.1, 0.15) is 5.82 Å². The minimum atomic E-state index is -0.464. The summed E-state index contributed by atoms with van der Waals surface area (Å²) in [6.45, 7) is 0. The molecule has 1 N–H and O–H groups in total. The second-order valence-corrected chi connectivity index (χ2v) is 4.98. The van der Waals surface area contributed by atoms with Crippen LogP contribution in [0, 0.1) is 23.1 Å². The van der Waals surface area contributed by atoms with Crippen molar-refractivity contribution in [2.24, 2.45) is 5.92 Å². The van der Waals surface area contributed by atoms with Gasteiger partial charge < -0.3 is 5.32 Å². The summed E-state index contributed by atoms with van der Waals surface area (Å²) in [6, 6.07) is 4.73. The Morgan fingerprint density at radius 1 is 1.29 bits per heavy atom. The molecule has 17 heavy (non-hydrogen) atoms. The minimum absolute atomic E-state index is 0.0350. The molecule has 0 radical (unpaired) electrons. The normalized spacial score (nSPS) is 23.4. The third-order valence-corrected chi connectivity index (χ3v) is 3.61. The lowest BCUT2D eigenvalue weighted by Crippen LogP contribution is -2.23. The van der Waals surface area contributed by atoms with E-state index in [0.717, 1.165) is 19.3 Å². The molecule has 1 fully saturated rings. The first kappa shape index (κ1) is 12.5. The van der Waals surface area contributed by atoms with Crippen molar-refractivity contribution < 1.29 is 4.39 Å². The van der Waals surface area contributed by atoms with Crippen LogP contribution < -0.4 is 5.32 Å². The Kier molecular flexibility index (Phi) is 3.76. The molecule has 0 amide bonds. The molecule has 0 bridgehead atoms. The molecule has 1 aliphatic carbocycles. The summed E-state index contributed by atoms with van der Waals surface area (Å²) in [6.07, 6.45) is 2.79. The van der Waals surface area contributed by atoms with Crippen LogP contribution in [-0.2, 0) is 0 Å². The Labute approximate surface area is 109 Å². The summed E-state index contributed by atoms with van der Waals surface area (Å²) in [7, 11) is 0. The van der Waals surface area contributed by atoms with Gasteiger partial charge in [-0.25, -0.2) is 4.39 Å². The SMILES string of the molecule is N#CC1CCCC1Nc1c(Cl)cc(F)cc1Cl. The van der Waals surface area contributed by atoms with E-state index >= 15 is 0 Å². The first-order valence-corrected chi connectivity index (χ1v) is 6.18. The van der Waals surface area contributed by atoms with Crippen molar-refractivity contribution in [1.82, 2.24) is 0 Å². The zero-order chi connectivity index (χ0) is 12.4. The molecule has 2 rings (SSSR count). The van der Waals surface area contributed by atoms with Crippen LogP contribution in [0.2, 0.25) is 10.0 Å². The molecule has 1 saturated carbocycles. The molecule has 5 heteroatoms. The molecule has 1 aromatic carbocycles. The molecule has 2 unspecified atom stereocenters. The van der Waals surface area contributed by atoms with Crippen LogP contribution >= 0.6 is 23.2 Å². The van der Waals surface area contributed by atoms with Crippen LogP contribution in [0.3, 0.4) is 0 Å². The molecule has 0 saturated heterocycles. The molecule has 0 aromatic heterocycles. The van der Waals surface area contributed by atoms with Crippen molar-refractivity contribution in [2.45, 2.75) is 25.3 Å². The standard InChI is InChI=1S/C12H11Cl2FN2/c13-9-4-8(15)5-10(14)12(9)17-11-3-1-2-7(11)6-16/h4-5,7,11,17H,1-3H2. The number of benzene rings is 1. The number of hydrogen-bond donors (Lipinski definition) is 1. The third kappa shape index (κ3) is 2.65. The predicted molar refractivity (Wildman–Crippen MR) is 66.8 cm³/mol. The van der Waals surface area contributed by atoms with Gasteiger partial charge in [0.2, 0.25) is 0 Å². The smallest absolute Gasteiger partial charge is 0.126 e. The topological polar surface area (TPSA) is 35.8 Å². The van der Waals surface area contributed by atoms with Crippen molar-refractivity contribution in [3.63, 3.8) is 0 Å². The second-order valence-electron chi connectivity index (χ2n) is 4.16. The van der Waals surface area contributed by atoms with E-state index in [-0.39, 0.29) is 22.0 Å². The summed E-state index contributed by atoms with van der Waals surface area (Å²) in [4.78, 5) is 0. The highest BCUT2D eigenvalue weighted by atomic mass is 35.5. The molecular weight excluding hydrogens is 262 g/mol. The fraction of sp³-hybridized carbons (Fsp3) is 0.417. The molecule has 1 aliphatic rings. The van der Waals surface area contributed by atoms with Crippen molar-refractivity contribution >= 4 is 28.9 Å². The zero-order valence-corrected chi connectivity index (χ0v) is 10.5. The third-order valence-electron chi connectivity index (χ3n) is 3.02. The van der Waals surface area contributed by atoms with Gasteiger partial charge >= 0.3 is 0 Å². The van der Waals surface area contributed by atoms with Gasteiger partial charge in [0, 0.05) is 6.04 Å². The highest BCUT2D eigenvalue weighted by molar-refractivity contribution is 6.39. The lowest BCUT2D eigenvalue weighted by atomic mass is 10.1. The number of nitriles is 1. The summed E-state index contributed by atoms with van der Waals surface area (Å²) in [5.74, 6) is -0.499. The second kappa shape index (κ2) is 5.12. The summed E-state index contributed by atoms with van der Waals surface area (Å²) in [5.41, 5.74) is 0.516. The van der Waals surface area contributed by atoms with Crippen LogP contribution in [0.1, 0.15) is 19.3 Å². The average Bonchev–Trinajstić information content (AvgIpc) is 2.70. The van der Waals surface area contributed by atoms with E-state index in [4.69, 9.17) is 28.5 Å². The van der Waals surface area contributed by atoms with E-state index < -0.39 is 5.82 Å². The van der Waals surface area contributed by atoms with Crippen LogP contribution in [0.5, 0.6) is 0 Å². The highest BCUT2D eigenvalue weighted by Gasteiger charge is 2.28. The van der Waals surface area contributed by atoms with Crippen molar-refractivity contribution in [1.29, 1.82) is 5.26 Å². The van der Waals surface area contributed by atoms with E-state index in [9.17, 15) is 4.39 Å². The lowest BCUT2D eigenvalue weighted by molar-refractivity contribution is 0.623.